The first kappa shape index (κ1) is 24.4. The molecular formula is C27H28BN3O4S. The summed E-state index contributed by atoms with van der Waals surface area (Å²) in [5.41, 5.74) is 3.93. The molecule has 2 aromatic heterocycles. The second-order valence-electron chi connectivity index (χ2n) is 9.65. The molecule has 7 nitrogen and oxygen atoms in total. The van der Waals surface area contributed by atoms with Gasteiger partial charge in [-0.3, -0.25) is 0 Å². The number of hydrogen-bond donors (Lipinski definition) is 0. The van der Waals surface area contributed by atoms with Crippen LogP contribution in [0.5, 0.6) is 0 Å². The molecule has 9 heteroatoms. The highest BCUT2D eigenvalue weighted by atomic mass is 32.1. The van der Waals surface area contributed by atoms with Crippen molar-refractivity contribution in [3.8, 4) is 27.5 Å². The van der Waals surface area contributed by atoms with Gasteiger partial charge in [0, 0.05) is 22.6 Å². The highest BCUT2D eigenvalue weighted by Gasteiger charge is 2.53. The van der Waals surface area contributed by atoms with E-state index in [-0.39, 0.29) is 5.69 Å². The van der Waals surface area contributed by atoms with Crippen molar-refractivity contribution in [2.75, 3.05) is 6.61 Å². The molecule has 36 heavy (non-hydrogen) atoms. The Kier molecular flexibility index (Phi) is 6.32. The maximum Gasteiger partial charge on any atom is 0.498 e. The minimum Gasteiger partial charge on any atom is -0.461 e. The molecule has 0 saturated carbocycles. The Morgan fingerprint density at radius 3 is 2.36 bits per heavy atom. The van der Waals surface area contributed by atoms with Crippen LogP contribution in [-0.4, -0.2) is 45.7 Å². The number of benzene rings is 2. The van der Waals surface area contributed by atoms with Crippen molar-refractivity contribution in [2.24, 2.45) is 0 Å². The van der Waals surface area contributed by atoms with Crippen LogP contribution in [0.25, 0.3) is 27.5 Å². The van der Waals surface area contributed by atoms with Gasteiger partial charge in [0.25, 0.3) is 0 Å². The predicted molar refractivity (Wildman–Crippen MR) is 142 cm³/mol. The van der Waals surface area contributed by atoms with Crippen LogP contribution in [0.1, 0.15) is 45.1 Å². The van der Waals surface area contributed by atoms with Crippen molar-refractivity contribution in [1.82, 2.24) is 14.8 Å². The molecule has 0 amide bonds. The molecule has 3 heterocycles. The molecule has 1 aliphatic heterocycles. The van der Waals surface area contributed by atoms with Gasteiger partial charge in [0.05, 0.1) is 23.5 Å². The molecule has 184 valence electrons. The van der Waals surface area contributed by atoms with Gasteiger partial charge in [-0.1, -0.05) is 48.5 Å². The van der Waals surface area contributed by atoms with E-state index in [1.807, 2.05) is 64.2 Å². The Balaban J connectivity index is 1.59. The fourth-order valence-corrected chi connectivity index (χ4v) is 4.72. The third kappa shape index (κ3) is 4.50. The number of hydrogen-bond acceptors (Lipinski definition) is 7. The number of carbonyl (C=O) groups excluding carboxylic acids is 1. The first-order chi connectivity index (χ1) is 17.2. The molecule has 0 aliphatic carbocycles. The van der Waals surface area contributed by atoms with Crippen molar-refractivity contribution in [3.05, 3.63) is 71.9 Å². The topological polar surface area (TPSA) is 75.5 Å². The van der Waals surface area contributed by atoms with Crippen LogP contribution in [0.3, 0.4) is 0 Å². The van der Waals surface area contributed by atoms with Gasteiger partial charge in [-0.05, 0) is 51.8 Å². The van der Waals surface area contributed by atoms with Crippen molar-refractivity contribution in [1.29, 1.82) is 0 Å². The molecule has 0 radical (unpaired) electrons. The lowest BCUT2D eigenvalue weighted by atomic mass is 9.78. The van der Waals surface area contributed by atoms with E-state index >= 15 is 0 Å². The van der Waals surface area contributed by atoms with Crippen molar-refractivity contribution >= 4 is 29.9 Å². The Hall–Kier alpha value is -3.27. The minimum absolute atomic E-state index is 0.261. The van der Waals surface area contributed by atoms with E-state index in [0.717, 1.165) is 27.8 Å². The van der Waals surface area contributed by atoms with Crippen LogP contribution in [-0.2, 0) is 14.0 Å². The number of rotatable bonds is 6. The van der Waals surface area contributed by atoms with E-state index in [4.69, 9.17) is 19.1 Å². The number of aromatic nitrogens is 3. The summed E-state index contributed by atoms with van der Waals surface area (Å²) in [6, 6.07) is 18.5. The predicted octanol–water partition coefficient (Wildman–Crippen LogP) is 5.14. The number of esters is 1. The zero-order valence-electron chi connectivity index (χ0n) is 21.0. The molecule has 0 spiro atoms. The van der Waals surface area contributed by atoms with E-state index in [0.29, 0.717) is 11.7 Å². The second kappa shape index (κ2) is 9.31. The fraction of sp³-hybridized carbons (Fsp3) is 0.296. The first-order valence-electron chi connectivity index (χ1n) is 11.9. The molecule has 4 aromatic rings. The van der Waals surface area contributed by atoms with Gasteiger partial charge < -0.3 is 14.0 Å². The molecule has 5 rings (SSSR count). The summed E-state index contributed by atoms with van der Waals surface area (Å²) in [4.78, 5) is 16.6. The van der Waals surface area contributed by atoms with Crippen LogP contribution < -0.4 is 5.46 Å². The molecule has 2 aromatic carbocycles. The molecule has 1 aliphatic rings. The molecule has 1 fully saturated rings. The van der Waals surface area contributed by atoms with Gasteiger partial charge in [-0.15, -0.1) is 11.3 Å². The standard InChI is InChI=1S/C27H28BN3O4S/c1-6-33-24(32)22-17-36-25(29-22)31-16-21(28-34-26(2,3)27(4,5)35-28)23(30-31)20-14-10-13-19(15-20)18-11-8-7-9-12-18/h7-17H,6H2,1-5H3. The van der Waals surface area contributed by atoms with Gasteiger partial charge in [-0.2, -0.15) is 5.10 Å². The SMILES string of the molecule is CCOC(=O)c1csc(-n2cc(B3OC(C)(C)C(C)(C)O3)c(-c3cccc(-c4ccccc4)c3)n2)n1. The minimum atomic E-state index is -0.608. The lowest BCUT2D eigenvalue weighted by molar-refractivity contribution is 0.00578. The Morgan fingerprint density at radius 2 is 1.67 bits per heavy atom. The normalized spacial score (nSPS) is 16.3. The molecular weight excluding hydrogens is 473 g/mol. The third-order valence-corrected chi connectivity index (χ3v) is 7.50. The maximum atomic E-state index is 12.2. The average Bonchev–Trinajstić information content (AvgIpc) is 3.56. The first-order valence-corrected chi connectivity index (χ1v) is 12.8. The van der Waals surface area contributed by atoms with Gasteiger partial charge in [0.1, 0.15) is 0 Å². The summed E-state index contributed by atoms with van der Waals surface area (Å²) in [6.45, 7) is 10.2. The van der Waals surface area contributed by atoms with Gasteiger partial charge >= 0.3 is 13.1 Å². The number of ether oxygens (including phenoxy) is 1. The third-order valence-electron chi connectivity index (χ3n) is 6.67. The van der Waals surface area contributed by atoms with E-state index in [2.05, 4.69) is 29.2 Å². The zero-order chi connectivity index (χ0) is 25.5. The number of nitrogens with zero attached hydrogens (tertiary/aromatic N) is 3. The van der Waals surface area contributed by atoms with Gasteiger partial charge in [0.2, 0.25) is 5.13 Å². The Labute approximate surface area is 215 Å². The summed E-state index contributed by atoms with van der Waals surface area (Å²) in [5, 5.41) is 7.13. The average molecular weight is 501 g/mol. The van der Waals surface area contributed by atoms with E-state index in [1.54, 1.807) is 17.0 Å². The monoisotopic (exact) mass is 501 g/mol. The second-order valence-corrected chi connectivity index (χ2v) is 10.5. The fourth-order valence-electron chi connectivity index (χ4n) is 4.00. The number of carbonyl (C=O) groups is 1. The van der Waals surface area contributed by atoms with Crippen LogP contribution in [0, 0.1) is 0 Å². The molecule has 0 unspecified atom stereocenters. The summed E-state index contributed by atoms with van der Waals surface area (Å²) >= 11 is 1.32. The van der Waals surface area contributed by atoms with Crippen LogP contribution >= 0.6 is 11.3 Å². The smallest absolute Gasteiger partial charge is 0.461 e. The van der Waals surface area contributed by atoms with Gasteiger partial charge in [0.15, 0.2) is 5.69 Å². The molecule has 1 saturated heterocycles. The highest BCUT2D eigenvalue weighted by molar-refractivity contribution is 7.12. The molecule has 0 N–H and O–H groups in total. The summed E-state index contributed by atoms with van der Waals surface area (Å²) in [7, 11) is -0.608. The zero-order valence-corrected chi connectivity index (χ0v) is 21.8. The van der Waals surface area contributed by atoms with Crippen LogP contribution in [0.2, 0.25) is 0 Å². The quantitative estimate of drug-likeness (QED) is 0.269. The Bertz CT molecular complexity index is 1380. The van der Waals surface area contributed by atoms with Gasteiger partial charge in [-0.25, -0.2) is 14.5 Å². The number of thiazole rings is 1. The summed E-state index contributed by atoms with van der Waals surface area (Å²) in [6.07, 6.45) is 1.88. The van der Waals surface area contributed by atoms with Crippen LogP contribution in [0.15, 0.2) is 66.2 Å². The van der Waals surface area contributed by atoms with E-state index in [9.17, 15) is 4.79 Å². The van der Waals surface area contributed by atoms with Crippen molar-refractivity contribution < 1.29 is 18.8 Å². The lowest BCUT2D eigenvalue weighted by Gasteiger charge is -2.32. The largest absolute Gasteiger partial charge is 0.498 e. The Morgan fingerprint density at radius 1 is 1.00 bits per heavy atom. The van der Waals surface area contributed by atoms with E-state index in [1.165, 1.54) is 11.3 Å². The molecule has 0 bridgehead atoms. The highest BCUT2D eigenvalue weighted by Crippen LogP contribution is 2.37. The van der Waals surface area contributed by atoms with Crippen LogP contribution in [0.4, 0.5) is 0 Å². The van der Waals surface area contributed by atoms with Crippen molar-refractivity contribution in [2.45, 2.75) is 45.8 Å². The van der Waals surface area contributed by atoms with Crippen molar-refractivity contribution in [3.63, 3.8) is 0 Å². The molecule has 0 atom stereocenters. The summed E-state index contributed by atoms with van der Waals surface area (Å²) < 4.78 is 19.5. The van der Waals surface area contributed by atoms with E-state index < -0.39 is 24.3 Å². The lowest BCUT2D eigenvalue weighted by Crippen LogP contribution is -2.41. The summed E-state index contributed by atoms with van der Waals surface area (Å²) in [5.74, 6) is -0.450. The maximum absolute atomic E-state index is 12.2.